The van der Waals surface area contributed by atoms with Gasteiger partial charge in [0.25, 0.3) is 0 Å². The van der Waals surface area contributed by atoms with E-state index in [-0.39, 0.29) is 10.8 Å². The molecule has 1 aromatic heterocycles. The van der Waals surface area contributed by atoms with Crippen LogP contribution in [-0.4, -0.2) is 40.2 Å². The molecular formula is C7H11ClN4O2. The second-order valence-electron chi connectivity index (χ2n) is 3.12. The summed E-state index contributed by atoms with van der Waals surface area (Å²) in [6, 6.07) is 0. The molecule has 0 saturated heterocycles. The number of nitrogens with zero attached hydrogens (tertiary/aromatic N) is 4. The van der Waals surface area contributed by atoms with Gasteiger partial charge in [-0.25, -0.2) is 0 Å². The molecule has 0 radical (unpaired) electrons. The normalized spacial score (nSPS) is 10.9. The smallest absolute Gasteiger partial charge is 0.358 e. The molecule has 0 fully saturated rings. The van der Waals surface area contributed by atoms with Gasteiger partial charge in [0.05, 0.1) is 17.8 Å². The summed E-state index contributed by atoms with van der Waals surface area (Å²) in [5.74, 6) is -0.287. The maximum absolute atomic E-state index is 10.4. The van der Waals surface area contributed by atoms with Crippen molar-refractivity contribution in [3.63, 3.8) is 0 Å². The molecule has 14 heavy (non-hydrogen) atoms. The molecule has 6 nitrogen and oxygen atoms in total. The topological polar surface area (TPSA) is 64.2 Å². The fourth-order valence-electron chi connectivity index (χ4n) is 0.928. The summed E-state index contributed by atoms with van der Waals surface area (Å²) in [7, 11) is 3.83. The summed E-state index contributed by atoms with van der Waals surface area (Å²) in [5.41, 5.74) is 0. The Morgan fingerprint density at radius 2 is 2.36 bits per heavy atom. The standard InChI is InChI=1S/C7H11ClN4O2/c1-10(2)3-4-11-5-6(8)7(9-11)12(13)14/h5H,3-4H2,1-2H3. The minimum absolute atomic E-state index is 0.0776. The van der Waals surface area contributed by atoms with E-state index >= 15 is 0 Å². The van der Waals surface area contributed by atoms with Crippen LogP contribution in [0.5, 0.6) is 0 Å². The van der Waals surface area contributed by atoms with Crippen LogP contribution in [0, 0.1) is 10.1 Å². The quantitative estimate of drug-likeness (QED) is 0.559. The van der Waals surface area contributed by atoms with Gasteiger partial charge < -0.3 is 15.0 Å². The number of rotatable bonds is 4. The van der Waals surface area contributed by atoms with E-state index in [4.69, 9.17) is 11.6 Å². The van der Waals surface area contributed by atoms with E-state index in [0.29, 0.717) is 6.54 Å². The molecule has 0 aromatic carbocycles. The molecule has 0 aliphatic heterocycles. The Labute approximate surface area is 86.2 Å². The van der Waals surface area contributed by atoms with Gasteiger partial charge in [-0.15, -0.1) is 0 Å². The number of aromatic nitrogens is 2. The summed E-state index contributed by atoms with van der Waals surface area (Å²) in [6.07, 6.45) is 1.46. The summed E-state index contributed by atoms with van der Waals surface area (Å²) in [4.78, 5) is 11.8. The largest absolute Gasteiger partial charge is 0.408 e. The van der Waals surface area contributed by atoms with Gasteiger partial charge in [-0.05, 0) is 19.0 Å². The van der Waals surface area contributed by atoms with E-state index in [1.165, 1.54) is 10.9 Å². The molecule has 0 spiro atoms. The van der Waals surface area contributed by atoms with Crippen LogP contribution in [0.4, 0.5) is 5.82 Å². The second-order valence-corrected chi connectivity index (χ2v) is 3.53. The van der Waals surface area contributed by atoms with Gasteiger partial charge >= 0.3 is 5.82 Å². The fourth-order valence-corrected chi connectivity index (χ4v) is 1.15. The third-order valence-corrected chi connectivity index (χ3v) is 1.92. The van der Waals surface area contributed by atoms with E-state index in [0.717, 1.165) is 6.54 Å². The third-order valence-electron chi connectivity index (χ3n) is 1.65. The minimum Gasteiger partial charge on any atom is -0.358 e. The van der Waals surface area contributed by atoms with Crippen molar-refractivity contribution in [3.05, 3.63) is 21.3 Å². The summed E-state index contributed by atoms with van der Waals surface area (Å²) >= 11 is 5.62. The van der Waals surface area contributed by atoms with Crippen LogP contribution >= 0.6 is 11.6 Å². The van der Waals surface area contributed by atoms with E-state index in [2.05, 4.69) is 5.10 Å². The Morgan fingerprint density at radius 3 is 2.79 bits per heavy atom. The molecule has 0 bridgehead atoms. The lowest BCUT2D eigenvalue weighted by molar-refractivity contribution is -0.389. The summed E-state index contributed by atoms with van der Waals surface area (Å²) in [5, 5.41) is 14.2. The third kappa shape index (κ3) is 2.68. The summed E-state index contributed by atoms with van der Waals surface area (Å²) < 4.78 is 1.47. The zero-order valence-electron chi connectivity index (χ0n) is 7.97. The maximum Gasteiger partial charge on any atom is 0.408 e. The van der Waals surface area contributed by atoms with Crippen molar-refractivity contribution in [3.8, 4) is 0 Å². The molecule has 7 heteroatoms. The highest BCUT2D eigenvalue weighted by molar-refractivity contribution is 6.32. The predicted molar refractivity (Wildman–Crippen MR) is 52.4 cm³/mol. The van der Waals surface area contributed by atoms with Crippen LogP contribution in [0.1, 0.15) is 0 Å². The number of nitro groups is 1. The Kier molecular flexibility index (Phi) is 3.43. The first-order valence-electron chi connectivity index (χ1n) is 4.03. The van der Waals surface area contributed by atoms with E-state index in [9.17, 15) is 10.1 Å². The highest BCUT2D eigenvalue weighted by Crippen LogP contribution is 2.20. The number of hydrogen-bond acceptors (Lipinski definition) is 4. The molecule has 0 atom stereocenters. The van der Waals surface area contributed by atoms with Gasteiger partial charge in [0.2, 0.25) is 0 Å². The second kappa shape index (κ2) is 4.39. The minimum atomic E-state index is -0.589. The maximum atomic E-state index is 10.4. The van der Waals surface area contributed by atoms with Crippen molar-refractivity contribution >= 4 is 17.4 Å². The van der Waals surface area contributed by atoms with Crippen LogP contribution < -0.4 is 0 Å². The molecule has 0 amide bonds. The van der Waals surface area contributed by atoms with Crippen molar-refractivity contribution < 1.29 is 4.92 Å². The Morgan fingerprint density at radius 1 is 1.71 bits per heavy atom. The predicted octanol–water partition coefficient (Wildman–Crippen LogP) is 1.01. The average Bonchev–Trinajstić information content (AvgIpc) is 2.43. The van der Waals surface area contributed by atoms with Gasteiger partial charge in [-0.1, -0.05) is 11.6 Å². The molecule has 0 N–H and O–H groups in total. The van der Waals surface area contributed by atoms with Gasteiger partial charge in [-0.3, -0.25) is 0 Å². The first kappa shape index (κ1) is 10.9. The number of halogens is 1. The van der Waals surface area contributed by atoms with Crippen molar-refractivity contribution in [2.45, 2.75) is 6.54 Å². The summed E-state index contributed by atoms with van der Waals surface area (Å²) in [6.45, 7) is 1.34. The molecule has 1 rings (SSSR count). The molecule has 1 aromatic rings. The van der Waals surface area contributed by atoms with Crippen LogP contribution in [0.25, 0.3) is 0 Å². The van der Waals surface area contributed by atoms with Crippen LogP contribution in [0.3, 0.4) is 0 Å². The van der Waals surface area contributed by atoms with Gasteiger partial charge in [0.15, 0.2) is 5.02 Å². The van der Waals surface area contributed by atoms with Crippen LogP contribution in [0.15, 0.2) is 6.20 Å². The van der Waals surface area contributed by atoms with Crippen molar-refractivity contribution in [1.29, 1.82) is 0 Å². The van der Waals surface area contributed by atoms with Crippen molar-refractivity contribution in [1.82, 2.24) is 14.7 Å². The van der Waals surface area contributed by atoms with E-state index in [1.807, 2.05) is 19.0 Å². The lowest BCUT2D eigenvalue weighted by Crippen LogP contribution is -2.18. The van der Waals surface area contributed by atoms with Crippen LogP contribution in [-0.2, 0) is 6.54 Å². The Bertz CT molecular complexity index is 336. The van der Waals surface area contributed by atoms with Gasteiger partial charge in [-0.2, -0.15) is 4.68 Å². The first-order valence-corrected chi connectivity index (χ1v) is 4.40. The van der Waals surface area contributed by atoms with Crippen molar-refractivity contribution in [2.75, 3.05) is 20.6 Å². The molecule has 0 aliphatic carbocycles. The molecular weight excluding hydrogens is 208 g/mol. The lowest BCUT2D eigenvalue weighted by Gasteiger charge is -2.06. The molecule has 78 valence electrons. The monoisotopic (exact) mass is 218 g/mol. The Balaban J connectivity index is 2.71. The highest BCUT2D eigenvalue weighted by Gasteiger charge is 2.18. The zero-order valence-corrected chi connectivity index (χ0v) is 8.73. The van der Waals surface area contributed by atoms with Gasteiger partial charge in [0.1, 0.15) is 0 Å². The molecule has 0 unspecified atom stereocenters. The molecule has 0 saturated carbocycles. The van der Waals surface area contributed by atoms with Crippen molar-refractivity contribution in [2.24, 2.45) is 0 Å². The Hall–Kier alpha value is -1.14. The molecule has 0 aliphatic rings. The average molecular weight is 219 g/mol. The zero-order chi connectivity index (χ0) is 10.7. The molecule has 1 heterocycles. The van der Waals surface area contributed by atoms with E-state index < -0.39 is 4.92 Å². The lowest BCUT2D eigenvalue weighted by atomic mass is 10.6. The number of hydrogen-bond donors (Lipinski definition) is 0. The highest BCUT2D eigenvalue weighted by atomic mass is 35.5. The van der Waals surface area contributed by atoms with E-state index in [1.54, 1.807) is 0 Å². The van der Waals surface area contributed by atoms with Gasteiger partial charge in [0, 0.05) is 6.54 Å². The first-order chi connectivity index (χ1) is 6.50. The van der Waals surface area contributed by atoms with Crippen LogP contribution in [0.2, 0.25) is 5.02 Å². The SMILES string of the molecule is CN(C)CCn1cc(Cl)c([N+](=O)[O-])n1. The fraction of sp³-hybridized carbons (Fsp3) is 0.571. The number of likely N-dealkylation sites (N-methyl/N-ethyl adjacent to an activating group) is 1.